The van der Waals surface area contributed by atoms with Crippen LogP contribution in [-0.4, -0.2) is 23.2 Å². The lowest BCUT2D eigenvalue weighted by Crippen LogP contribution is -2.39. The predicted molar refractivity (Wildman–Crippen MR) is 81.5 cm³/mol. The highest BCUT2D eigenvalue weighted by molar-refractivity contribution is 9.10. The van der Waals surface area contributed by atoms with Crippen LogP contribution < -0.4 is 5.32 Å². The van der Waals surface area contributed by atoms with E-state index >= 15 is 0 Å². The number of nitrogens with one attached hydrogen (secondary N) is 1. The number of aromatic nitrogens is 2. The summed E-state index contributed by atoms with van der Waals surface area (Å²) in [6.45, 7) is 4.05. The monoisotopic (exact) mass is 353 g/mol. The molecule has 1 aromatic heterocycles. The molecule has 0 aliphatic carbocycles. The van der Waals surface area contributed by atoms with Gasteiger partial charge in [-0.1, -0.05) is 28.0 Å². The summed E-state index contributed by atoms with van der Waals surface area (Å²) in [5, 5.41) is 7.41. The van der Waals surface area contributed by atoms with Crippen molar-refractivity contribution >= 4 is 15.9 Å². The van der Waals surface area contributed by atoms with Crippen molar-refractivity contribution in [1.29, 1.82) is 0 Å². The largest absolute Gasteiger partial charge is 0.338 e. The van der Waals surface area contributed by atoms with Crippen LogP contribution in [0.2, 0.25) is 0 Å². The maximum Gasteiger partial charge on any atom is 0.233 e. The Bertz CT molecular complexity index is 638. The normalized spacial score (nSPS) is 17.9. The van der Waals surface area contributed by atoms with Gasteiger partial charge in [-0.25, -0.2) is 4.39 Å². The molecular formula is C15H17BrFN3O. The molecule has 1 aliphatic rings. The molecular weight excluding hydrogens is 337 g/mol. The fourth-order valence-corrected chi connectivity index (χ4v) is 3.27. The molecule has 1 aromatic carbocycles. The lowest BCUT2D eigenvalue weighted by Gasteiger charge is -2.33. The zero-order valence-corrected chi connectivity index (χ0v) is 13.4. The molecule has 0 spiro atoms. The number of halogens is 2. The minimum Gasteiger partial charge on any atom is -0.338 e. The Kier molecular flexibility index (Phi) is 4.08. The average molecular weight is 354 g/mol. The lowest BCUT2D eigenvalue weighted by atomic mass is 9.76. The Morgan fingerprint density at radius 1 is 1.38 bits per heavy atom. The summed E-state index contributed by atoms with van der Waals surface area (Å²) >= 11 is 3.40. The van der Waals surface area contributed by atoms with E-state index < -0.39 is 0 Å². The maximum atomic E-state index is 13.4. The summed E-state index contributed by atoms with van der Waals surface area (Å²) in [5.41, 5.74) is 0.557. The Balaban J connectivity index is 1.97. The SMILES string of the molecule is CCC1(c2nc(-c3cc(F)ccc3Br)no2)CCNCC1. The number of piperidine rings is 1. The molecule has 112 valence electrons. The van der Waals surface area contributed by atoms with Crippen LogP contribution in [0.25, 0.3) is 11.4 Å². The first-order chi connectivity index (χ1) is 10.1. The van der Waals surface area contributed by atoms with Crippen LogP contribution in [0.15, 0.2) is 27.2 Å². The molecule has 6 heteroatoms. The van der Waals surface area contributed by atoms with Crippen LogP contribution in [0.4, 0.5) is 4.39 Å². The first kappa shape index (κ1) is 14.7. The van der Waals surface area contributed by atoms with E-state index in [9.17, 15) is 4.39 Å². The third-order valence-corrected chi connectivity index (χ3v) is 4.98. The topological polar surface area (TPSA) is 51.0 Å². The highest BCUT2D eigenvalue weighted by Crippen LogP contribution is 2.37. The molecule has 3 rings (SSSR count). The first-order valence-electron chi connectivity index (χ1n) is 7.15. The molecule has 0 radical (unpaired) electrons. The van der Waals surface area contributed by atoms with Crippen LogP contribution in [0.5, 0.6) is 0 Å². The van der Waals surface area contributed by atoms with Crippen LogP contribution in [0.3, 0.4) is 0 Å². The number of rotatable bonds is 3. The van der Waals surface area contributed by atoms with Gasteiger partial charge in [0.2, 0.25) is 11.7 Å². The van der Waals surface area contributed by atoms with Gasteiger partial charge in [-0.2, -0.15) is 4.98 Å². The van der Waals surface area contributed by atoms with Gasteiger partial charge in [-0.3, -0.25) is 0 Å². The molecule has 1 aliphatic heterocycles. The molecule has 0 unspecified atom stereocenters. The van der Waals surface area contributed by atoms with Crippen LogP contribution in [0.1, 0.15) is 32.1 Å². The number of hydrogen-bond donors (Lipinski definition) is 1. The van der Waals surface area contributed by atoms with Crippen molar-refractivity contribution in [2.24, 2.45) is 0 Å². The molecule has 0 saturated carbocycles. The molecule has 2 aromatic rings. The van der Waals surface area contributed by atoms with Crippen molar-refractivity contribution in [2.45, 2.75) is 31.6 Å². The van der Waals surface area contributed by atoms with E-state index in [0.29, 0.717) is 17.3 Å². The molecule has 21 heavy (non-hydrogen) atoms. The second kappa shape index (κ2) is 5.85. The second-order valence-electron chi connectivity index (χ2n) is 5.43. The van der Waals surface area contributed by atoms with E-state index in [1.54, 1.807) is 6.07 Å². The van der Waals surface area contributed by atoms with E-state index in [1.807, 2.05) is 0 Å². The van der Waals surface area contributed by atoms with Gasteiger partial charge in [-0.15, -0.1) is 0 Å². The van der Waals surface area contributed by atoms with Crippen LogP contribution in [-0.2, 0) is 5.41 Å². The Labute approximate surface area is 131 Å². The van der Waals surface area contributed by atoms with Crippen LogP contribution in [0, 0.1) is 5.82 Å². The summed E-state index contributed by atoms with van der Waals surface area (Å²) in [7, 11) is 0. The molecule has 1 fully saturated rings. The number of nitrogens with zero attached hydrogens (tertiary/aromatic N) is 2. The van der Waals surface area contributed by atoms with Gasteiger partial charge < -0.3 is 9.84 Å². The molecule has 2 heterocycles. The van der Waals surface area contributed by atoms with Crippen molar-refractivity contribution < 1.29 is 8.91 Å². The van der Waals surface area contributed by atoms with E-state index in [1.165, 1.54) is 12.1 Å². The van der Waals surface area contributed by atoms with Gasteiger partial charge in [-0.05, 0) is 50.6 Å². The lowest BCUT2D eigenvalue weighted by molar-refractivity contribution is 0.216. The van der Waals surface area contributed by atoms with Gasteiger partial charge in [0.05, 0.1) is 5.41 Å². The van der Waals surface area contributed by atoms with Gasteiger partial charge in [0.1, 0.15) is 5.82 Å². The standard InChI is InChI=1S/C15H17BrFN3O/c1-2-15(5-7-18-8-6-15)14-19-13(20-21-14)11-9-10(17)3-4-12(11)16/h3-4,9,18H,2,5-8H2,1H3. The Morgan fingerprint density at radius 3 is 2.86 bits per heavy atom. The van der Waals surface area contributed by atoms with Gasteiger partial charge in [0.25, 0.3) is 0 Å². The fraction of sp³-hybridized carbons (Fsp3) is 0.467. The molecule has 1 saturated heterocycles. The van der Waals surface area contributed by atoms with Crippen molar-refractivity contribution in [3.63, 3.8) is 0 Å². The fourth-order valence-electron chi connectivity index (χ4n) is 2.84. The zero-order valence-electron chi connectivity index (χ0n) is 11.8. The van der Waals surface area contributed by atoms with Gasteiger partial charge >= 0.3 is 0 Å². The summed E-state index contributed by atoms with van der Waals surface area (Å²) in [4.78, 5) is 4.55. The highest BCUT2D eigenvalue weighted by Gasteiger charge is 2.37. The summed E-state index contributed by atoms with van der Waals surface area (Å²) in [5.74, 6) is 0.784. The average Bonchev–Trinajstić information content (AvgIpc) is 3.00. The molecule has 1 N–H and O–H groups in total. The molecule has 0 amide bonds. The first-order valence-corrected chi connectivity index (χ1v) is 7.94. The number of benzene rings is 1. The Morgan fingerprint density at radius 2 is 2.14 bits per heavy atom. The predicted octanol–water partition coefficient (Wildman–Crippen LogP) is 3.67. The molecule has 0 bridgehead atoms. The van der Waals surface area contributed by atoms with E-state index in [0.717, 1.165) is 36.8 Å². The number of hydrogen-bond acceptors (Lipinski definition) is 4. The second-order valence-corrected chi connectivity index (χ2v) is 6.29. The van der Waals surface area contributed by atoms with Crippen molar-refractivity contribution in [1.82, 2.24) is 15.5 Å². The third-order valence-electron chi connectivity index (χ3n) is 4.29. The van der Waals surface area contributed by atoms with Crippen molar-refractivity contribution in [3.05, 3.63) is 34.4 Å². The summed E-state index contributed by atoms with van der Waals surface area (Å²) < 4.78 is 19.7. The smallest absolute Gasteiger partial charge is 0.233 e. The van der Waals surface area contributed by atoms with E-state index in [4.69, 9.17) is 4.52 Å². The Hall–Kier alpha value is -1.27. The third kappa shape index (κ3) is 2.74. The van der Waals surface area contributed by atoms with E-state index in [2.05, 4.69) is 38.3 Å². The van der Waals surface area contributed by atoms with Gasteiger partial charge in [0, 0.05) is 10.0 Å². The summed E-state index contributed by atoms with van der Waals surface area (Å²) in [6.07, 6.45) is 2.92. The zero-order chi connectivity index (χ0) is 14.9. The van der Waals surface area contributed by atoms with Crippen molar-refractivity contribution in [2.75, 3.05) is 13.1 Å². The molecule has 4 nitrogen and oxygen atoms in total. The van der Waals surface area contributed by atoms with Crippen molar-refractivity contribution in [3.8, 4) is 11.4 Å². The highest BCUT2D eigenvalue weighted by atomic mass is 79.9. The minimum absolute atomic E-state index is 0.0592. The minimum atomic E-state index is -0.313. The molecule has 0 atom stereocenters. The van der Waals surface area contributed by atoms with Gasteiger partial charge in [0.15, 0.2) is 0 Å². The summed E-state index contributed by atoms with van der Waals surface area (Å²) in [6, 6.07) is 4.47. The quantitative estimate of drug-likeness (QED) is 0.914. The van der Waals surface area contributed by atoms with E-state index in [-0.39, 0.29) is 11.2 Å². The van der Waals surface area contributed by atoms with Crippen LogP contribution >= 0.6 is 15.9 Å². The maximum absolute atomic E-state index is 13.4.